The highest BCUT2D eigenvalue weighted by Gasteiger charge is 2.32. The molecule has 1 aromatic carbocycles. The molecule has 3 aromatic rings. The summed E-state index contributed by atoms with van der Waals surface area (Å²) < 4.78 is 13.9. The van der Waals surface area contributed by atoms with Crippen LogP contribution in [0.5, 0.6) is 5.88 Å². The molecule has 0 bridgehead atoms. The van der Waals surface area contributed by atoms with E-state index in [-0.39, 0.29) is 10.6 Å². The minimum Gasteiger partial charge on any atom is -0.477 e. The Bertz CT molecular complexity index is 1370. The Morgan fingerprint density at radius 1 is 1.26 bits per heavy atom. The Labute approximate surface area is 235 Å². The van der Waals surface area contributed by atoms with Crippen molar-refractivity contribution in [2.75, 3.05) is 25.6 Å². The number of nitrogens with one attached hydrogen (secondary N) is 1. The number of carbonyl (C=O) groups is 1. The molecule has 1 N–H and O–H groups in total. The number of halogens is 1. The van der Waals surface area contributed by atoms with Gasteiger partial charge in [-0.1, -0.05) is 15.9 Å². The highest BCUT2D eigenvalue weighted by atomic mass is 79.9. The maximum Gasteiger partial charge on any atom is 0.337 e. The molecule has 0 saturated heterocycles. The average molecular weight is 598 g/mol. The summed E-state index contributed by atoms with van der Waals surface area (Å²) in [4.78, 5) is 27.9. The maximum atomic E-state index is 12.2. The molecule has 2 saturated carbocycles. The average Bonchev–Trinajstić information content (AvgIpc) is 3.86. The molecule has 39 heavy (non-hydrogen) atoms. The number of benzene rings is 1. The highest BCUT2D eigenvalue weighted by Crippen LogP contribution is 2.42. The summed E-state index contributed by atoms with van der Waals surface area (Å²) in [5, 5.41) is 19.4. The van der Waals surface area contributed by atoms with E-state index in [0.29, 0.717) is 64.0 Å². The third-order valence-corrected chi connectivity index (χ3v) is 7.74. The zero-order valence-corrected chi connectivity index (χ0v) is 23.6. The van der Waals surface area contributed by atoms with Crippen LogP contribution in [0.4, 0.5) is 11.4 Å². The van der Waals surface area contributed by atoms with E-state index in [2.05, 4.69) is 31.3 Å². The van der Waals surface area contributed by atoms with Crippen molar-refractivity contribution in [1.82, 2.24) is 14.8 Å². The monoisotopic (exact) mass is 597 g/mol. The van der Waals surface area contributed by atoms with Crippen LogP contribution in [0.2, 0.25) is 0 Å². The van der Waals surface area contributed by atoms with Gasteiger partial charge in [0.2, 0.25) is 5.88 Å². The Morgan fingerprint density at radius 2 is 2.05 bits per heavy atom. The zero-order valence-electron chi connectivity index (χ0n) is 22.1. The van der Waals surface area contributed by atoms with E-state index < -0.39 is 5.97 Å². The van der Waals surface area contributed by atoms with Crippen molar-refractivity contribution in [1.29, 1.82) is 0 Å². The fraction of sp³-hybridized carbons (Fsp3) is 0.464. The lowest BCUT2D eigenvalue weighted by atomic mass is 9.97. The first kappa shape index (κ1) is 27.1. The number of nitro groups is 1. The number of aromatic nitrogens is 3. The molecule has 11 heteroatoms. The van der Waals surface area contributed by atoms with Crippen LogP contribution >= 0.6 is 15.9 Å². The van der Waals surface area contributed by atoms with Crippen molar-refractivity contribution in [3.8, 4) is 17.1 Å². The van der Waals surface area contributed by atoms with E-state index in [1.54, 1.807) is 24.4 Å². The molecule has 2 aliphatic rings. The minimum atomic E-state index is -0.410. The number of esters is 1. The van der Waals surface area contributed by atoms with Gasteiger partial charge in [-0.15, -0.1) is 0 Å². The molecule has 2 aliphatic carbocycles. The number of pyridine rings is 1. The Morgan fingerprint density at radius 3 is 2.74 bits per heavy atom. The quantitative estimate of drug-likeness (QED) is 0.105. The van der Waals surface area contributed by atoms with Crippen LogP contribution in [0.1, 0.15) is 60.6 Å². The molecule has 2 fully saturated rings. The Kier molecular flexibility index (Phi) is 8.15. The largest absolute Gasteiger partial charge is 0.477 e. The van der Waals surface area contributed by atoms with Crippen molar-refractivity contribution < 1.29 is 19.2 Å². The van der Waals surface area contributed by atoms with Gasteiger partial charge in [0.15, 0.2) is 0 Å². The van der Waals surface area contributed by atoms with Gasteiger partial charge in [0.1, 0.15) is 5.69 Å². The van der Waals surface area contributed by atoms with E-state index in [4.69, 9.17) is 9.47 Å². The molecule has 2 heterocycles. The summed E-state index contributed by atoms with van der Waals surface area (Å²) in [6, 6.07) is 8.84. The van der Waals surface area contributed by atoms with Gasteiger partial charge in [0.25, 0.3) is 5.69 Å². The maximum absolute atomic E-state index is 12.2. The van der Waals surface area contributed by atoms with E-state index in [9.17, 15) is 14.9 Å². The molecule has 1 atom stereocenters. The smallest absolute Gasteiger partial charge is 0.337 e. The van der Waals surface area contributed by atoms with Gasteiger partial charge in [-0.25, -0.2) is 9.48 Å². The highest BCUT2D eigenvalue weighted by molar-refractivity contribution is 9.10. The van der Waals surface area contributed by atoms with E-state index in [0.717, 1.165) is 31.2 Å². The van der Waals surface area contributed by atoms with Crippen molar-refractivity contribution >= 4 is 33.3 Å². The van der Waals surface area contributed by atoms with Gasteiger partial charge < -0.3 is 14.8 Å². The number of nitrogens with zero attached hydrogens (tertiary/aromatic N) is 4. The summed E-state index contributed by atoms with van der Waals surface area (Å²) in [7, 11) is 1.36. The van der Waals surface area contributed by atoms with Gasteiger partial charge in [0, 0.05) is 22.8 Å². The summed E-state index contributed by atoms with van der Waals surface area (Å²) in [5.41, 5.74) is 3.16. The van der Waals surface area contributed by atoms with E-state index in [1.807, 2.05) is 17.7 Å². The molecule has 206 valence electrons. The number of methoxy groups -OCH3 is 1. The van der Waals surface area contributed by atoms with Crippen LogP contribution in [0.15, 0.2) is 41.0 Å². The fourth-order valence-electron chi connectivity index (χ4n) is 4.92. The lowest BCUT2D eigenvalue weighted by Gasteiger charge is -2.18. The number of ether oxygens (including phenoxy) is 2. The number of rotatable bonds is 13. The molecule has 0 unspecified atom stereocenters. The lowest BCUT2D eigenvalue weighted by Crippen LogP contribution is -2.18. The predicted octanol–water partition coefficient (Wildman–Crippen LogP) is 6.34. The molecule has 0 radical (unpaired) electrons. The lowest BCUT2D eigenvalue weighted by molar-refractivity contribution is -0.384. The molecule has 10 nitrogen and oxygen atoms in total. The summed E-state index contributed by atoms with van der Waals surface area (Å²) in [5.74, 6) is 1.31. The van der Waals surface area contributed by atoms with Crippen LogP contribution < -0.4 is 10.1 Å². The van der Waals surface area contributed by atoms with Gasteiger partial charge in [-0.2, -0.15) is 5.10 Å². The topological polar surface area (TPSA) is 121 Å². The number of nitro benzene ring substituents is 1. The van der Waals surface area contributed by atoms with Crippen LogP contribution in [-0.2, 0) is 4.74 Å². The van der Waals surface area contributed by atoms with Crippen molar-refractivity contribution in [3.05, 3.63) is 62.4 Å². The second-order valence-electron chi connectivity index (χ2n) is 10.3. The third-order valence-electron chi connectivity index (χ3n) is 7.25. The Hall–Kier alpha value is -3.47. The zero-order chi connectivity index (χ0) is 27.5. The molecule has 0 spiro atoms. The normalized spacial score (nSPS) is 15.6. The molecular weight excluding hydrogens is 566 g/mol. The van der Waals surface area contributed by atoms with Crippen LogP contribution in [0.3, 0.4) is 0 Å². The first-order valence-electron chi connectivity index (χ1n) is 13.3. The van der Waals surface area contributed by atoms with Crippen molar-refractivity contribution in [3.63, 3.8) is 0 Å². The number of aryl methyl sites for hydroxylation is 1. The van der Waals surface area contributed by atoms with Crippen molar-refractivity contribution in [2.45, 2.75) is 51.5 Å². The molecule has 5 rings (SSSR count). The SMILES string of the molecule is COC(=O)c1cc(C)nc(-c2cnn(C3CC3)c2OCCC[C@H](CNc2ccc(Br)cc2[N+](=O)[O-])C2CC2)c1. The summed E-state index contributed by atoms with van der Waals surface area (Å²) in [6.45, 7) is 3.04. The predicted molar refractivity (Wildman–Crippen MR) is 150 cm³/mol. The Balaban J connectivity index is 1.24. The standard InChI is InChI=1S/C28H32BrN5O5/c1-17-12-20(28(35)38-2)13-25(32-17)23-16-31-33(22-8-9-22)27(23)39-11-3-4-19(18-5-6-18)15-30-24-10-7-21(29)14-26(24)34(36)37/h7,10,12-14,16,18-19,22,30H,3-6,8-9,11,15H2,1-2H3/t19-/m1/s1. The minimum absolute atomic E-state index is 0.0724. The van der Waals surface area contributed by atoms with Gasteiger partial charge in [0.05, 0.1) is 47.7 Å². The van der Waals surface area contributed by atoms with Gasteiger partial charge >= 0.3 is 5.97 Å². The van der Waals surface area contributed by atoms with Gasteiger partial charge in [-0.3, -0.25) is 15.1 Å². The van der Waals surface area contributed by atoms with Crippen LogP contribution in [0, 0.1) is 28.9 Å². The van der Waals surface area contributed by atoms with Gasteiger partial charge in [-0.05, 0) is 81.5 Å². The first-order chi connectivity index (χ1) is 18.8. The first-order valence-corrected chi connectivity index (χ1v) is 14.1. The number of hydrogen-bond acceptors (Lipinski definition) is 8. The van der Waals surface area contributed by atoms with Crippen LogP contribution in [0.25, 0.3) is 11.3 Å². The van der Waals surface area contributed by atoms with Crippen molar-refractivity contribution in [2.24, 2.45) is 11.8 Å². The second kappa shape index (κ2) is 11.7. The van der Waals surface area contributed by atoms with Crippen LogP contribution in [-0.4, -0.2) is 45.9 Å². The second-order valence-corrected chi connectivity index (χ2v) is 11.2. The third kappa shape index (κ3) is 6.58. The summed E-state index contributed by atoms with van der Waals surface area (Å²) in [6.07, 6.45) is 8.05. The molecular formula is C28H32BrN5O5. The number of carbonyl (C=O) groups excluding carboxylic acids is 1. The van der Waals surface area contributed by atoms with E-state index in [1.165, 1.54) is 26.0 Å². The molecule has 0 amide bonds. The molecule has 2 aromatic heterocycles. The molecule has 0 aliphatic heterocycles. The number of anilines is 1. The summed E-state index contributed by atoms with van der Waals surface area (Å²) >= 11 is 3.31. The number of hydrogen-bond donors (Lipinski definition) is 1. The van der Waals surface area contributed by atoms with E-state index >= 15 is 0 Å². The fourth-order valence-corrected chi connectivity index (χ4v) is 5.27.